The summed E-state index contributed by atoms with van der Waals surface area (Å²) in [7, 11) is 0. The third-order valence-corrected chi connectivity index (χ3v) is 6.90. The van der Waals surface area contributed by atoms with Crippen LogP contribution in [0.1, 0.15) is 45.6 Å². The lowest BCUT2D eigenvalue weighted by molar-refractivity contribution is -0.141. The molecule has 2 aliphatic rings. The maximum absolute atomic E-state index is 13.4. The molecule has 2 atom stereocenters. The van der Waals surface area contributed by atoms with Crippen LogP contribution in [-0.2, 0) is 16.0 Å². The minimum Gasteiger partial charge on any atom is -0.353 e. The molecule has 1 aliphatic heterocycles. The first-order valence-corrected chi connectivity index (χ1v) is 11.5. The predicted octanol–water partition coefficient (Wildman–Crippen LogP) is 4.08. The molecule has 2 heterocycles. The van der Waals surface area contributed by atoms with Crippen LogP contribution in [-0.4, -0.2) is 40.8 Å². The Labute approximate surface area is 185 Å². The lowest BCUT2D eigenvalue weighted by atomic mass is 9.71. The molecule has 1 aliphatic carbocycles. The van der Waals surface area contributed by atoms with E-state index in [2.05, 4.69) is 29.4 Å². The van der Waals surface area contributed by atoms with Crippen molar-refractivity contribution in [3.05, 3.63) is 54.4 Å². The normalized spacial score (nSPS) is 22.3. The first-order valence-electron chi connectivity index (χ1n) is 11.5. The van der Waals surface area contributed by atoms with Gasteiger partial charge < -0.3 is 10.2 Å². The monoisotopic (exact) mass is 419 g/mol. The minimum atomic E-state index is -0.501. The average Bonchev–Trinajstić information content (AvgIpc) is 3.51. The molecule has 2 aromatic rings. The molecule has 5 nitrogen and oxygen atoms in total. The van der Waals surface area contributed by atoms with E-state index in [0.717, 1.165) is 17.5 Å². The molecule has 0 spiro atoms. The molecule has 164 valence electrons. The summed E-state index contributed by atoms with van der Waals surface area (Å²) in [4.78, 5) is 32.3. The van der Waals surface area contributed by atoms with E-state index < -0.39 is 5.41 Å². The maximum atomic E-state index is 13.4. The highest BCUT2D eigenvalue weighted by Gasteiger charge is 2.46. The van der Waals surface area contributed by atoms with Crippen LogP contribution in [0, 0.1) is 17.3 Å². The number of hydrogen-bond donors (Lipinski definition) is 1. The van der Waals surface area contributed by atoms with Gasteiger partial charge in [-0.15, -0.1) is 0 Å². The smallest absolute Gasteiger partial charge is 0.226 e. The molecule has 31 heavy (non-hydrogen) atoms. The predicted molar refractivity (Wildman–Crippen MR) is 122 cm³/mol. The van der Waals surface area contributed by atoms with E-state index in [1.807, 2.05) is 43.0 Å². The van der Waals surface area contributed by atoms with Crippen molar-refractivity contribution in [2.45, 2.75) is 52.5 Å². The number of hydrogen-bond acceptors (Lipinski definition) is 3. The third kappa shape index (κ3) is 4.65. The van der Waals surface area contributed by atoms with Crippen LogP contribution < -0.4 is 5.32 Å². The quantitative estimate of drug-likeness (QED) is 0.767. The van der Waals surface area contributed by atoms with Gasteiger partial charge in [0.2, 0.25) is 11.8 Å². The van der Waals surface area contributed by atoms with Crippen molar-refractivity contribution < 1.29 is 9.59 Å². The third-order valence-electron chi connectivity index (χ3n) is 6.90. The van der Waals surface area contributed by atoms with Crippen molar-refractivity contribution >= 4 is 11.8 Å². The van der Waals surface area contributed by atoms with E-state index in [0.29, 0.717) is 38.3 Å². The molecule has 1 N–H and O–H groups in total. The highest BCUT2D eigenvalue weighted by Crippen LogP contribution is 2.42. The second kappa shape index (κ2) is 8.81. The summed E-state index contributed by atoms with van der Waals surface area (Å²) in [5.74, 6) is 1.10. The number of benzene rings is 1. The van der Waals surface area contributed by atoms with E-state index in [4.69, 9.17) is 0 Å². The topological polar surface area (TPSA) is 62.3 Å². The van der Waals surface area contributed by atoms with Gasteiger partial charge in [0.15, 0.2) is 0 Å². The van der Waals surface area contributed by atoms with Crippen molar-refractivity contribution in [1.29, 1.82) is 0 Å². The number of carbonyl (C=O) groups is 2. The van der Waals surface area contributed by atoms with Gasteiger partial charge in [-0.05, 0) is 74.3 Å². The van der Waals surface area contributed by atoms with E-state index in [-0.39, 0.29) is 23.8 Å². The Morgan fingerprint density at radius 3 is 2.39 bits per heavy atom. The Kier molecular flexibility index (Phi) is 6.12. The highest BCUT2D eigenvalue weighted by atomic mass is 16.2. The summed E-state index contributed by atoms with van der Waals surface area (Å²) in [6.45, 7) is 7.46. The first kappa shape index (κ1) is 21.5. The molecule has 1 aromatic carbocycles. The number of piperidine rings is 1. The number of nitrogens with one attached hydrogen (secondary N) is 1. The fraction of sp³-hybridized carbons (Fsp3) is 0.500. The Hall–Kier alpha value is -2.69. The Morgan fingerprint density at radius 1 is 1.13 bits per heavy atom. The summed E-state index contributed by atoms with van der Waals surface area (Å²) in [5, 5.41) is 3.17. The molecular formula is C26H33N3O2. The van der Waals surface area contributed by atoms with E-state index in [9.17, 15) is 9.59 Å². The molecule has 0 radical (unpaired) electrons. The molecule has 2 amide bonds. The van der Waals surface area contributed by atoms with Crippen molar-refractivity contribution in [2.24, 2.45) is 17.3 Å². The lowest BCUT2D eigenvalue weighted by Gasteiger charge is -2.41. The molecule has 0 unspecified atom stereocenters. The van der Waals surface area contributed by atoms with Crippen LogP contribution in [0.5, 0.6) is 0 Å². The van der Waals surface area contributed by atoms with Gasteiger partial charge in [-0.25, -0.2) is 0 Å². The van der Waals surface area contributed by atoms with Gasteiger partial charge in [-0.2, -0.15) is 0 Å². The minimum absolute atomic E-state index is 0.0896. The van der Waals surface area contributed by atoms with Crippen LogP contribution in [0.25, 0.3) is 11.1 Å². The number of pyridine rings is 1. The summed E-state index contributed by atoms with van der Waals surface area (Å²) < 4.78 is 0. The zero-order valence-electron chi connectivity index (χ0n) is 18.8. The Bertz CT molecular complexity index is 933. The largest absolute Gasteiger partial charge is 0.353 e. The van der Waals surface area contributed by atoms with Gasteiger partial charge in [0, 0.05) is 37.4 Å². The van der Waals surface area contributed by atoms with Crippen molar-refractivity contribution in [3.63, 3.8) is 0 Å². The number of likely N-dealkylation sites (tertiary alicyclic amines) is 1. The molecular weight excluding hydrogens is 386 g/mol. The fourth-order valence-corrected chi connectivity index (χ4v) is 4.81. The molecule has 1 saturated heterocycles. The van der Waals surface area contributed by atoms with Crippen LogP contribution in [0.15, 0.2) is 48.8 Å². The maximum Gasteiger partial charge on any atom is 0.226 e. The van der Waals surface area contributed by atoms with Gasteiger partial charge in [0.1, 0.15) is 0 Å². The fourth-order valence-electron chi connectivity index (χ4n) is 4.81. The van der Waals surface area contributed by atoms with E-state index >= 15 is 0 Å². The van der Waals surface area contributed by atoms with Crippen LogP contribution in [0.2, 0.25) is 0 Å². The number of carbonyl (C=O) groups excluding carboxylic acids is 2. The van der Waals surface area contributed by atoms with E-state index in [1.54, 1.807) is 12.4 Å². The summed E-state index contributed by atoms with van der Waals surface area (Å²) in [6.07, 6.45) is 6.68. The Balaban J connectivity index is 1.59. The van der Waals surface area contributed by atoms with Crippen molar-refractivity contribution in [2.75, 3.05) is 13.1 Å². The number of aromatic nitrogens is 1. The standard InChI is InChI=1S/C26H33N3O2/c1-18(2)28-25(31)26(10-14-29(15-11-26)24(30)23-16-19(23)3)17-21-6-4-5-7-22(21)20-8-12-27-13-9-20/h4-9,12-13,18-19,23H,10-11,14-17H2,1-3H3,(H,28,31)/t19-,23+/m1/s1. The van der Waals surface area contributed by atoms with Crippen LogP contribution in [0.3, 0.4) is 0 Å². The van der Waals surface area contributed by atoms with Gasteiger partial charge in [-0.3, -0.25) is 14.6 Å². The number of nitrogens with zero attached hydrogens (tertiary/aromatic N) is 2. The van der Waals surface area contributed by atoms with Crippen LogP contribution in [0.4, 0.5) is 0 Å². The summed E-state index contributed by atoms with van der Waals surface area (Å²) in [5.41, 5.74) is 2.93. The van der Waals surface area contributed by atoms with Gasteiger partial charge in [0.25, 0.3) is 0 Å². The Morgan fingerprint density at radius 2 is 1.77 bits per heavy atom. The zero-order valence-corrected chi connectivity index (χ0v) is 18.8. The molecule has 2 fully saturated rings. The SMILES string of the molecule is CC(C)NC(=O)C1(Cc2ccccc2-c2ccncc2)CCN(C(=O)[C@H]2C[C@H]2C)CC1. The average molecular weight is 420 g/mol. The zero-order chi connectivity index (χ0) is 22.0. The van der Waals surface area contributed by atoms with Gasteiger partial charge >= 0.3 is 0 Å². The second-order valence-corrected chi connectivity index (χ2v) is 9.62. The summed E-state index contributed by atoms with van der Waals surface area (Å²) >= 11 is 0. The highest BCUT2D eigenvalue weighted by molar-refractivity contribution is 5.85. The lowest BCUT2D eigenvalue weighted by Crippen LogP contribution is -2.52. The molecule has 1 aromatic heterocycles. The molecule has 4 rings (SSSR count). The van der Waals surface area contributed by atoms with Crippen molar-refractivity contribution in [3.8, 4) is 11.1 Å². The number of rotatable bonds is 6. The second-order valence-electron chi connectivity index (χ2n) is 9.62. The molecule has 0 bridgehead atoms. The van der Waals surface area contributed by atoms with Crippen molar-refractivity contribution in [1.82, 2.24) is 15.2 Å². The van der Waals surface area contributed by atoms with Crippen LogP contribution >= 0.6 is 0 Å². The van der Waals surface area contributed by atoms with Gasteiger partial charge in [0.05, 0.1) is 5.41 Å². The molecule has 1 saturated carbocycles. The van der Waals surface area contributed by atoms with Gasteiger partial charge in [-0.1, -0.05) is 31.2 Å². The summed E-state index contributed by atoms with van der Waals surface area (Å²) in [6, 6.07) is 12.4. The molecule has 5 heteroatoms. The number of amides is 2. The first-order chi connectivity index (χ1) is 14.9. The van der Waals surface area contributed by atoms with E-state index in [1.165, 1.54) is 5.56 Å².